The van der Waals surface area contributed by atoms with E-state index in [1.807, 2.05) is 25.3 Å². The number of halogens is 1. The highest BCUT2D eigenvalue weighted by molar-refractivity contribution is 7.16. The first-order chi connectivity index (χ1) is 8.08. The predicted octanol–water partition coefficient (Wildman–Crippen LogP) is 2.77. The van der Waals surface area contributed by atoms with Crippen LogP contribution in [0.3, 0.4) is 0 Å². The van der Waals surface area contributed by atoms with Crippen molar-refractivity contribution < 1.29 is 5.11 Å². The highest BCUT2D eigenvalue weighted by Crippen LogP contribution is 2.26. The van der Waals surface area contributed by atoms with Gasteiger partial charge in [0, 0.05) is 6.54 Å². The van der Waals surface area contributed by atoms with Gasteiger partial charge in [0.2, 0.25) is 5.28 Å². The number of rotatable bonds is 4. The van der Waals surface area contributed by atoms with E-state index >= 15 is 0 Å². The Morgan fingerprint density at radius 3 is 2.94 bits per heavy atom. The third kappa shape index (κ3) is 2.86. The molecule has 2 N–H and O–H groups in total. The van der Waals surface area contributed by atoms with Crippen molar-refractivity contribution in [2.24, 2.45) is 5.92 Å². The lowest BCUT2D eigenvalue weighted by Gasteiger charge is -2.15. The number of nitrogens with one attached hydrogen (secondary N) is 1. The zero-order chi connectivity index (χ0) is 12.4. The lowest BCUT2D eigenvalue weighted by atomic mass is 10.1. The maximum Gasteiger partial charge on any atom is 0.225 e. The van der Waals surface area contributed by atoms with E-state index in [0.29, 0.717) is 12.4 Å². The van der Waals surface area contributed by atoms with Crippen molar-refractivity contribution in [2.45, 2.75) is 20.0 Å². The van der Waals surface area contributed by atoms with E-state index in [1.165, 1.54) is 11.3 Å². The Hall–Kier alpha value is -0.910. The van der Waals surface area contributed by atoms with E-state index in [2.05, 4.69) is 15.3 Å². The summed E-state index contributed by atoms with van der Waals surface area (Å²) >= 11 is 7.36. The van der Waals surface area contributed by atoms with Crippen LogP contribution in [0.1, 0.15) is 13.8 Å². The highest BCUT2D eigenvalue weighted by atomic mass is 35.5. The molecule has 4 nitrogen and oxygen atoms in total. The van der Waals surface area contributed by atoms with Gasteiger partial charge in [-0.15, -0.1) is 11.3 Å². The van der Waals surface area contributed by atoms with Gasteiger partial charge >= 0.3 is 0 Å². The van der Waals surface area contributed by atoms with Crippen LogP contribution in [0, 0.1) is 5.92 Å². The second-order valence-corrected chi connectivity index (χ2v) is 5.41. The summed E-state index contributed by atoms with van der Waals surface area (Å²) in [5, 5.41) is 16.0. The summed E-state index contributed by atoms with van der Waals surface area (Å²) in [5.74, 6) is 0.888. The number of aliphatic hydroxyl groups is 1. The topological polar surface area (TPSA) is 58.0 Å². The predicted molar refractivity (Wildman–Crippen MR) is 71.8 cm³/mol. The second kappa shape index (κ2) is 5.16. The first kappa shape index (κ1) is 12.5. The molecule has 0 radical (unpaired) electrons. The van der Waals surface area contributed by atoms with E-state index in [1.54, 1.807) is 0 Å². The van der Waals surface area contributed by atoms with E-state index in [0.717, 1.165) is 10.2 Å². The van der Waals surface area contributed by atoms with Gasteiger partial charge in [0.15, 0.2) is 0 Å². The molecule has 1 atom stereocenters. The molecule has 2 rings (SSSR count). The fourth-order valence-electron chi connectivity index (χ4n) is 1.40. The van der Waals surface area contributed by atoms with E-state index < -0.39 is 6.10 Å². The van der Waals surface area contributed by atoms with Gasteiger partial charge in [-0.1, -0.05) is 13.8 Å². The Labute approximate surface area is 109 Å². The lowest BCUT2D eigenvalue weighted by molar-refractivity contribution is 0.138. The maximum absolute atomic E-state index is 9.74. The molecule has 0 aliphatic heterocycles. The molecule has 0 saturated heterocycles. The van der Waals surface area contributed by atoms with E-state index in [-0.39, 0.29) is 11.2 Å². The number of aromatic nitrogens is 2. The molecule has 2 heterocycles. The fourth-order valence-corrected chi connectivity index (χ4v) is 2.38. The average molecular weight is 272 g/mol. The molecule has 6 heteroatoms. The second-order valence-electron chi connectivity index (χ2n) is 4.17. The summed E-state index contributed by atoms with van der Waals surface area (Å²) < 4.78 is 0. The van der Waals surface area contributed by atoms with Crippen molar-refractivity contribution >= 4 is 39.0 Å². The van der Waals surface area contributed by atoms with E-state index in [9.17, 15) is 5.11 Å². The quantitative estimate of drug-likeness (QED) is 0.840. The molecular weight excluding hydrogens is 258 g/mol. The van der Waals surface area contributed by atoms with Crippen LogP contribution in [-0.2, 0) is 0 Å². The Bertz CT molecular complexity index is 514. The standard InChI is InChI=1S/C11H14ClN3OS/c1-6(2)8(16)5-13-9-7-3-4-17-10(7)15-11(12)14-9/h3-4,6,8,16H,5H2,1-2H3,(H,13,14,15). The molecule has 0 fully saturated rings. The normalized spacial score (nSPS) is 13.2. The molecule has 0 amide bonds. The monoisotopic (exact) mass is 271 g/mol. The van der Waals surface area contributed by atoms with Crippen LogP contribution >= 0.6 is 22.9 Å². The molecule has 0 aromatic carbocycles. The molecule has 92 valence electrons. The SMILES string of the molecule is CC(C)C(O)CNc1nc(Cl)nc2sccc12. The van der Waals surface area contributed by atoms with Gasteiger partial charge in [0.05, 0.1) is 11.5 Å². The Balaban J connectivity index is 2.20. The first-order valence-corrected chi connectivity index (χ1v) is 6.66. The number of hydrogen-bond acceptors (Lipinski definition) is 5. The molecule has 0 bridgehead atoms. The van der Waals surface area contributed by atoms with Crippen molar-refractivity contribution in [2.75, 3.05) is 11.9 Å². The zero-order valence-corrected chi connectivity index (χ0v) is 11.2. The Morgan fingerprint density at radius 1 is 1.47 bits per heavy atom. The average Bonchev–Trinajstić information content (AvgIpc) is 2.72. The summed E-state index contributed by atoms with van der Waals surface area (Å²) in [4.78, 5) is 9.13. The lowest BCUT2D eigenvalue weighted by Crippen LogP contribution is -2.25. The minimum Gasteiger partial charge on any atom is -0.391 e. The van der Waals surface area contributed by atoms with Crippen LogP contribution in [0.2, 0.25) is 5.28 Å². The van der Waals surface area contributed by atoms with Gasteiger partial charge in [-0.3, -0.25) is 0 Å². The van der Waals surface area contributed by atoms with Crippen LogP contribution in [0.4, 0.5) is 5.82 Å². The Morgan fingerprint density at radius 2 is 2.24 bits per heavy atom. The summed E-state index contributed by atoms with van der Waals surface area (Å²) in [5.41, 5.74) is 0. The molecule has 0 spiro atoms. The smallest absolute Gasteiger partial charge is 0.225 e. The fraction of sp³-hybridized carbons (Fsp3) is 0.455. The van der Waals surface area contributed by atoms with Crippen LogP contribution in [0.15, 0.2) is 11.4 Å². The van der Waals surface area contributed by atoms with E-state index in [4.69, 9.17) is 11.6 Å². The summed E-state index contributed by atoms with van der Waals surface area (Å²) in [6.07, 6.45) is -0.405. The molecule has 2 aromatic heterocycles. The van der Waals surface area contributed by atoms with Gasteiger partial charge in [0.1, 0.15) is 10.6 Å². The summed E-state index contributed by atoms with van der Waals surface area (Å²) in [6, 6.07) is 1.94. The molecule has 2 aromatic rings. The first-order valence-electron chi connectivity index (χ1n) is 5.40. The van der Waals surface area contributed by atoms with Crippen LogP contribution in [0.25, 0.3) is 10.2 Å². The molecule has 0 aliphatic rings. The zero-order valence-electron chi connectivity index (χ0n) is 9.64. The van der Waals surface area contributed by atoms with Gasteiger partial charge in [-0.05, 0) is 29.0 Å². The number of anilines is 1. The highest BCUT2D eigenvalue weighted by Gasteiger charge is 2.12. The number of fused-ring (bicyclic) bond motifs is 1. The number of aliphatic hydroxyl groups excluding tert-OH is 1. The van der Waals surface area contributed by atoms with Gasteiger partial charge < -0.3 is 10.4 Å². The maximum atomic E-state index is 9.74. The van der Waals surface area contributed by atoms with Crippen molar-refractivity contribution in [3.05, 3.63) is 16.7 Å². The van der Waals surface area contributed by atoms with Crippen LogP contribution in [-0.4, -0.2) is 27.7 Å². The van der Waals surface area contributed by atoms with Crippen molar-refractivity contribution in [3.8, 4) is 0 Å². The molecule has 0 aliphatic carbocycles. The van der Waals surface area contributed by atoms with Gasteiger partial charge in [0.25, 0.3) is 0 Å². The van der Waals surface area contributed by atoms with Crippen molar-refractivity contribution in [1.29, 1.82) is 0 Å². The summed E-state index contributed by atoms with van der Waals surface area (Å²) in [6.45, 7) is 4.40. The Kier molecular flexibility index (Phi) is 3.81. The molecule has 0 saturated carbocycles. The van der Waals surface area contributed by atoms with Crippen LogP contribution < -0.4 is 5.32 Å². The van der Waals surface area contributed by atoms with Gasteiger partial charge in [-0.2, -0.15) is 0 Å². The number of thiophene rings is 1. The number of nitrogens with zero attached hydrogens (tertiary/aromatic N) is 2. The largest absolute Gasteiger partial charge is 0.391 e. The third-order valence-electron chi connectivity index (χ3n) is 2.55. The third-order valence-corrected chi connectivity index (χ3v) is 3.52. The molecule has 17 heavy (non-hydrogen) atoms. The van der Waals surface area contributed by atoms with Gasteiger partial charge in [-0.25, -0.2) is 9.97 Å². The van der Waals surface area contributed by atoms with Crippen molar-refractivity contribution in [3.63, 3.8) is 0 Å². The molecular formula is C11H14ClN3OS. The van der Waals surface area contributed by atoms with Crippen LogP contribution in [0.5, 0.6) is 0 Å². The minimum atomic E-state index is -0.405. The number of hydrogen-bond donors (Lipinski definition) is 2. The summed E-state index contributed by atoms with van der Waals surface area (Å²) in [7, 11) is 0. The minimum absolute atomic E-state index is 0.206. The molecule has 1 unspecified atom stereocenters. The van der Waals surface area contributed by atoms with Crippen molar-refractivity contribution in [1.82, 2.24) is 9.97 Å².